The van der Waals surface area contributed by atoms with Crippen molar-refractivity contribution in [3.05, 3.63) is 92.7 Å². The maximum Gasteiger partial charge on any atom is 0.341 e. The van der Waals surface area contributed by atoms with Crippen molar-refractivity contribution in [2.45, 2.75) is 17.8 Å². The summed E-state index contributed by atoms with van der Waals surface area (Å²) in [7, 11) is 2.86. The molecular formula is C25H21ClN2O4S. The molecule has 0 aliphatic rings. The van der Waals surface area contributed by atoms with Crippen LogP contribution in [0.25, 0.3) is 16.6 Å². The highest BCUT2D eigenvalue weighted by Crippen LogP contribution is 2.30. The summed E-state index contributed by atoms with van der Waals surface area (Å²) in [6.45, 7) is 1.87. The van der Waals surface area contributed by atoms with Gasteiger partial charge in [-0.25, -0.2) is 9.78 Å². The van der Waals surface area contributed by atoms with Crippen LogP contribution in [0.4, 0.5) is 0 Å². The van der Waals surface area contributed by atoms with E-state index < -0.39 is 5.97 Å². The lowest BCUT2D eigenvalue weighted by molar-refractivity contribution is 0.0596. The Bertz CT molecular complexity index is 1400. The van der Waals surface area contributed by atoms with Crippen molar-refractivity contribution in [2.24, 2.45) is 0 Å². The van der Waals surface area contributed by atoms with Crippen LogP contribution in [0.3, 0.4) is 0 Å². The molecule has 0 saturated carbocycles. The number of fused-ring (bicyclic) bond motifs is 1. The van der Waals surface area contributed by atoms with Crippen LogP contribution < -0.4 is 10.3 Å². The Morgan fingerprint density at radius 3 is 2.52 bits per heavy atom. The van der Waals surface area contributed by atoms with Gasteiger partial charge < -0.3 is 9.47 Å². The van der Waals surface area contributed by atoms with Crippen LogP contribution >= 0.6 is 23.4 Å². The number of hydrogen-bond acceptors (Lipinski definition) is 6. The monoisotopic (exact) mass is 480 g/mol. The molecule has 4 rings (SSSR count). The number of rotatable bonds is 6. The van der Waals surface area contributed by atoms with Crippen molar-refractivity contribution in [3.63, 3.8) is 0 Å². The average Bonchev–Trinajstić information content (AvgIpc) is 2.82. The van der Waals surface area contributed by atoms with Crippen molar-refractivity contribution in [1.29, 1.82) is 0 Å². The minimum atomic E-state index is -0.469. The zero-order valence-electron chi connectivity index (χ0n) is 18.3. The second-order valence-electron chi connectivity index (χ2n) is 7.30. The normalized spacial score (nSPS) is 10.9. The quantitative estimate of drug-likeness (QED) is 0.208. The molecule has 0 unspecified atom stereocenters. The summed E-state index contributed by atoms with van der Waals surface area (Å²) >= 11 is 7.45. The maximum atomic E-state index is 13.4. The van der Waals surface area contributed by atoms with Gasteiger partial charge in [-0.3, -0.25) is 9.36 Å². The number of esters is 1. The summed E-state index contributed by atoms with van der Waals surface area (Å²) < 4.78 is 11.9. The highest BCUT2D eigenvalue weighted by atomic mass is 35.5. The van der Waals surface area contributed by atoms with Gasteiger partial charge in [0.2, 0.25) is 0 Å². The Balaban J connectivity index is 1.79. The molecule has 8 heteroatoms. The van der Waals surface area contributed by atoms with E-state index in [1.807, 2.05) is 31.2 Å². The molecule has 168 valence electrons. The zero-order valence-corrected chi connectivity index (χ0v) is 19.9. The van der Waals surface area contributed by atoms with E-state index in [0.717, 1.165) is 11.1 Å². The van der Waals surface area contributed by atoms with Crippen LogP contribution in [0.1, 0.15) is 21.5 Å². The lowest BCUT2D eigenvalue weighted by Gasteiger charge is -2.15. The van der Waals surface area contributed by atoms with Gasteiger partial charge in [-0.15, -0.1) is 0 Å². The zero-order chi connectivity index (χ0) is 23.5. The summed E-state index contributed by atoms with van der Waals surface area (Å²) in [5, 5.41) is 1.65. The molecule has 0 radical (unpaired) electrons. The van der Waals surface area contributed by atoms with Gasteiger partial charge in [-0.05, 0) is 60.5 Å². The number of carbonyl (C=O) groups excluding carboxylic acids is 1. The first-order chi connectivity index (χ1) is 15.9. The molecule has 0 saturated heterocycles. The Kier molecular flexibility index (Phi) is 6.72. The van der Waals surface area contributed by atoms with E-state index in [1.165, 1.54) is 26.0 Å². The predicted molar refractivity (Wildman–Crippen MR) is 131 cm³/mol. The molecule has 33 heavy (non-hydrogen) atoms. The Labute approximate surface area is 200 Å². The molecule has 1 heterocycles. The van der Waals surface area contributed by atoms with E-state index in [2.05, 4.69) is 0 Å². The molecule has 3 aromatic carbocycles. The summed E-state index contributed by atoms with van der Waals surface area (Å²) in [5.74, 6) is 0.494. The van der Waals surface area contributed by atoms with E-state index in [4.69, 9.17) is 26.1 Å². The predicted octanol–water partition coefficient (Wildman–Crippen LogP) is 5.44. The number of para-hydroxylation sites is 1. The fourth-order valence-corrected chi connectivity index (χ4v) is 4.71. The first-order valence-electron chi connectivity index (χ1n) is 10.1. The second-order valence-corrected chi connectivity index (χ2v) is 8.68. The van der Waals surface area contributed by atoms with Gasteiger partial charge in [-0.1, -0.05) is 41.6 Å². The fraction of sp³-hybridized carbons (Fsp3) is 0.160. The third-order valence-corrected chi connectivity index (χ3v) is 6.40. The lowest BCUT2D eigenvalue weighted by atomic mass is 10.1. The van der Waals surface area contributed by atoms with Crippen molar-refractivity contribution in [1.82, 2.24) is 9.55 Å². The maximum absolute atomic E-state index is 13.4. The average molecular weight is 481 g/mol. The molecule has 0 N–H and O–H groups in total. The first kappa shape index (κ1) is 22.9. The number of halogens is 1. The van der Waals surface area contributed by atoms with Gasteiger partial charge in [0.25, 0.3) is 5.56 Å². The summed E-state index contributed by atoms with van der Waals surface area (Å²) in [6, 6.07) is 18.0. The first-order valence-corrected chi connectivity index (χ1v) is 11.5. The van der Waals surface area contributed by atoms with E-state index >= 15 is 0 Å². The summed E-state index contributed by atoms with van der Waals surface area (Å²) in [5.41, 5.74) is 3.19. The van der Waals surface area contributed by atoms with Crippen molar-refractivity contribution >= 4 is 40.2 Å². The molecule has 4 aromatic rings. The number of ether oxygens (including phenoxy) is 2. The molecular weight excluding hydrogens is 460 g/mol. The Morgan fingerprint density at radius 2 is 1.82 bits per heavy atom. The van der Waals surface area contributed by atoms with E-state index in [-0.39, 0.29) is 5.56 Å². The molecule has 0 amide bonds. The third kappa shape index (κ3) is 4.60. The number of hydrogen-bond donors (Lipinski definition) is 0. The number of carbonyl (C=O) groups is 1. The highest BCUT2D eigenvalue weighted by Gasteiger charge is 2.18. The fourth-order valence-electron chi connectivity index (χ4n) is 3.64. The molecule has 6 nitrogen and oxygen atoms in total. The van der Waals surface area contributed by atoms with Gasteiger partial charge in [0, 0.05) is 10.8 Å². The number of nitrogens with zero attached hydrogens (tertiary/aromatic N) is 2. The van der Waals surface area contributed by atoms with Crippen LogP contribution in [0, 0.1) is 6.92 Å². The van der Waals surface area contributed by atoms with Gasteiger partial charge in [0.05, 0.1) is 30.8 Å². The molecule has 1 aromatic heterocycles. The molecule has 0 spiro atoms. The van der Waals surface area contributed by atoms with Gasteiger partial charge >= 0.3 is 5.97 Å². The Morgan fingerprint density at radius 1 is 1.09 bits per heavy atom. The number of aromatic nitrogens is 2. The minimum Gasteiger partial charge on any atom is -0.496 e. The van der Waals surface area contributed by atoms with Crippen LogP contribution in [-0.4, -0.2) is 29.7 Å². The van der Waals surface area contributed by atoms with E-state index in [1.54, 1.807) is 41.0 Å². The number of thioether (sulfide) groups is 1. The van der Waals surface area contributed by atoms with Crippen LogP contribution in [0.5, 0.6) is 5.75 Å². The second kappa shape index (κ2) is 9.68. The molecule has 0 fully saturated rings. The Hall–Kier alpha value is -3.29. The summed E-state index contributed by atoms with van der Waals surface area (Å²) in [6.07, 6.45) is 0. The largest absolute Gasteiger partial charge is 0.496 e. The molecule has 0 bridgehead atoms. The van der Waals surface area contributed by atoms with Crippen molar-refractivity contribution in [3.8, 4) is 11.4 Å². The SMILES string of the molecule is COC(=O)c1cc(CSc2nc3ccccc3c(=O)n2-c2ccc(Cl)cc2)cc(C)c1OC. The van der Waals surface area contributed by atoms with Crippen LogP contribution in [0.15, 0.2) is 70.6 Å². The van der Waals surface area contributed by atoms with Crippen LogP contribution in [0.2, 0.25) is 5.02 Å². The smallest absolute Gasteiger partial charge is 0.341 e. The third-order valence-electron chi connectivity index (χ3n) is 5.14. The van der Waals surface area contributed by atoms with Gasteiger partial charge in [-0.2, -0.15) is 0 Å². The number of methoxy groups -OCH3 is 2. The van der Waals surface area contributed by atoms with E-state index in [0.29, 0.717) is 43.8 Å². The van der Waals surface area contributed by atoms with Crippen molar-refractivity contribution in [2.75, 3.05) is 14.2 Å². The topological polar surface area (TPSA) is 70.4 Å². The highest BCUT2D eigenvalue weighted by molar-refractivity contribution is 7.98. The number of aryl methyl sites for hydroxylation is 1. The molecule has 0 atom stereocenters. The lowest BCUT2D eigenvalue weighted by Crippen LogP contribution is -2.21. The van der Waals surface area contributed by atoms with Crippen LogP contribution in [-0.2, 0) is 10.5 Å². The van der Waals surface area contributed by atoms with Gasteiger partial charge in [0.15, 0.2) is 5.16 Å². The van der Waals surface area contributed by atoms with E-state index in [9.17, 15) is 9.59 Å². The molecule has 0 aliphatic heterocycles. The molecule has 0 aliphatic carbocycles. The minimum absolute atomic E-state index is 0.161. The summed E-state index contributed by atoms with van der Waals surface area (Å²) in [4.78, 5) is 30.4. The number of benzene rings is 3. The standard InChI is InChI=1S/C25H21ClN2O4S/c1-15-12-16(13-20(22(15)31-2)24(30)32-3)14-33-25-27-21-7-5-4-6-19(21)23(29)28(25)18-10-8-17(26)9-11-18/h4-13H,14H2,1-3H3. The van der Waals surface area contributed by atoms with Gasteiger partial charge in [0.1, 0.15) is 11.3 Å². The van der Waals surface area contributed by atoms with Crippen molar-refractivity contribution < 1.29 is 14.3 Å².